The molecule has 0 atom stereocenters. The number of halogens is 2. The number of para-hydroxylation sites is 1. The van der Waals surface area contributed by atoms with Crippen LogP contribution in [0.2, 0.25) is 0 Å². The Hall–Kier alpha value is -3.05. The number of ether oxygens (including phenoxy) is 3. The zero-order chi connectivity index (χ0) is 25.7. The molecule has 36 heavy (non-hydrogen) atoms. The number of nitrogens with zero attached hydrogens (tertiary/aromatic N) is 6. The molecule has 2 aliphatic heterocycles. The molecule has 0 aliphatic carbocycles. The predicted octanol–water partition coefficient (Wildman–Crippen LogP) is 3.99. The summed E-state index contributed by atoms with van der Waals surface area (Å²) in [5.41, 5.74) is 0.0599. The summed E-state index contributed by atoms with van der Waals surface area (Å²) in [6, 6.07) is 7.09. The zero-order valence-corrected chi connectivity index (χ0v) is 21.3. The van der Waals surface area contributed by atoms with E-state index >= 15 is 0 Å². The lowest BCUT2D eigenvalue weighted by Crippen LogP contribution is -2.49. The van der Waals surface area contributed by atoms with E-state index in [1.54, 1.807) is 18.2 Å². The predicted molar refractivity (Wildman–Crippen MR) is 133 cm³/mol. The molecule has 194 valence electrons. The number of rotatable bonds is 5. The number of hydrogen-bond acceptors (Lipinski definition) is 8. The number of imidazole rings is 1. The number of hydrogen-bond donors (Lipinski definition) is 0. The van der Waals surface area contributed by atoms with Gasteiger partial charge in [-0.1, -0.05) is 6.07 Å². The molecular formula is C25H32F2N6O3. The Morgan fingerprint density at radius 1 is 0.917 bits per heavy atom. The molecule has 4 heterocycles. The topological polar surface area (TPSA) is 77.8 Å². The first-order chi connectivity index (χ1) is 17.1. The van der Waals surface area contributed by atoms with E-state index in [1.807, 2.05) is 33.8 Å². The van der Waals surface area contributed by atoms with E-state index in [2.05, 4.69) is 14.8 Å². The summed E-state index contributed by atoms with van der Waals surface area (Å²) >= 11 is 0. The molecule has 2 aliphatic rings. The number of anilines is 2. The Labute approximate surface area is 209 Å². The largest absolute Gasteiger partial charge is 0.494 e. The maximum atomic E-state index is 14.3. The van der Waals surface area contributed by atoms with Gasteiger partial charge in [0.05, 0.1) is 37.0 Å². The summed E-state index contributed by atoms with van der Waals surface area (Å²) in [7, 11) is 1.49. The lowest BCUT2D eigenvalue weighted by Gasteiger charge is -2.40. The first kappa shape index (κ1) is 24.6. The molecule has 2 fully saturated rings. The standard InChI is InChI=1S/C25H32F2N6O3/c1-24(2)14-31(9-11-35-24)18-13-19(32-10-12-36-25(3,4)15-32)29-23(28-18)33-16-7-6-8-17(34-5)20(16)30-22(33)21(26)27/h6-8,13,21H,9-12,14-15H2,1-5H3. The van der Waals surface area contributed by atoms with Crippen LogP contribution in [0.25, 0.3) is 17.0 Å². The van der Waals surface area contributed by atoms with Crippen LogP contribution in [0.3, 0.4) is 0 Å². The second-order valence-corrected chi connectivity index (χ2v) is 10.4. The van der Waals surface area contributed by atoms with Gasteiger partial charge in [0.25, 0.3) is 6.43 Å². The molecule has 9 nitrogen and oxygen atoms in total. The van der Waals surface area contributed by atoms with Crippen molar-refractivity contribution in [3.05, 3.63) is 30.1 Å². The lowest BCUT2D eigenvalue weighted by atomic mass is 10.1. The van der Waals surface area contributed by atoms with E-state index in [0.717, 1.165) is 0 Å². The Morgan fingerprint density at radius 3 is 2.00 bits per heavy atom. The number of alkyl halides is 2. The summed E-state index contributed by atoms with van der Waals surface area (Å²) < 4.78 is 47.0. The fourth-order valence-electron chi connectivity index (χ4n) is 4.87. The maximum Gasteiger partial charge on any atom is 0.296 e. The fourth-order valence-corrected chi connectivity index (χ4v) is 4.87. The molecule has 5 rings (SSSR count). The summed E-state index contributed by atoms with van der Waals surface area (Å²) in [5, 5.41) is 0. The molecule has 0 bridgehead atoms. The van der Waals surface area contributed by atoms with Crippen LogP contribution in [0.1, 0.15) is 39.9 Å². The van der Waals surface area contributed by atoms with Crippen LogP contribution >= 0.6 is 0 Å². The summed E-state index contributed by atoms with van der Waals surface area (Å²) in [6.45, 7) is 11.7. The first-order valence-electron chi connectivity index (χ1n) is 12.1. The van der Waals surface area contributed by atoms with E-state index in [1.165, 1.54) is 11.7 Å². The van der Waals surface area contributed by atoms with Gasteiger partial charge in [0, 0.05) is 32.2 Å². The molecular weight excluding hydrogens is 470 g/mol. The second-order valence-electron chi connectivity index (χ2n) is 10.4. The molecule has 3 aromatic rings. The number of methoxy groups -OCH3 is 1. The van der Waals surface area contributed by atoms with Gasteiger partial charge in [-0.15, -0.1) is 0 Å². The lowest BCUT2D eigenvalue weighted by molar-refractivity contribution is -0.0280. The SMILES string of the molecule is COc1cccc2c1nc(C(F)F)n2-c1nc(N2CCOC(C)(C)C2)cc(N2CCOC(C)(C)C2)n1. The summed E-state index contributed by atoms with van der Waals surface area (Å²) in [4.78, 5) is 18.1. The van der Waals surface area contributed by atoms with Crippen LogP contribution in [-0.4, -0.2) is 77.2 Å². The van der Waals surface area contributed by atoms with Crippen molar-refractivity contribution >= 4 is 22.7 Å². The first-order valence-corrected chi connectivity index (χ1v) is 12.1. The minimum Gasteiger partial charge on any atom is -0.494 e. The fraction of sp³-hybridized carbons (Fsp3) is 0.560. The highest BCUT2D eigenvalue weighted by molar-refractivity contribution is 5.84. The van der Waals surface area contributed by atoms with Gasteiger partial charge in [0.15, 0.2) is 5.82 Å². The van der Waals surface area contributed by atoms with Gasteiger partial charge in [0.1, 0.15) is 22.9 Å². The average Bonchev–Trinajstić information content (AvgIpc) is 3.23. The zero-order valence-electron chi connectivity index (χ0n) is 21.3. The van der Waals surface area contributed by atoms with Gasteiger partial charge in [-0.05, 0) is 39.8 Å². The quantitative estimate of drug-likeness (QED) is 0.518. The van der Waals surface area contributed by atoms with Crippen LogP contribution in [-0.2, 0) is 9.47 Å². The minimum atomic E-state index is -2.83. The van der Waals surface area contributed by atoms with Crippen LogP contribution in [0.4, 0.5) is 20.4 Å². The van der Waals surface area contributed by atoms with Crippen molar-refractivity contribution in [1.82, 2.24) is 19.5 Å². The van der Waals surface area contributed by atoms with Crippen LogP contribution in [0.15, 0.2) is 24.3 Å². The highest BCUT2D eigenvalue weighted by atomic mass is 19.3. The molecule has 0 saturated carbocycles. The summed E-state index contributed by atoms with van der Waals surface area (Å²) in [6.07, 6.45) is -2.83. The Kier molecular flexibility index (Phi) is 6.24. The Bertz CT molecular complexity index is 1220. The minimum absolute atomic E-state index is 0.141. The molecule has 0 amide bonds. The third kappa shape index (κ3) is 4.69. The smallest absolute Gasteiger partial charge is 0.296 e. The maximum absolute atomic E-state index is 14.3. The molecule has 2 saturated heterocycles. The van der Waals surface area contributed by atoms with Gasteiger partial charge in [0.2, 0.25) is 5.95 Å². The van der Waals surface area contributed by atoms with E-state index in [0.29, 0.717) is 67.8 Å². The van der Waals surface area contributed by atoms with Gasteiger partial charge in [-0.3, -0.25) is 4.57 Å². The molecule has 1 aromatic carbocycles. The van der Waals surface area contributed by atoms with Crippen molar-refractivity contribution in [2.45, 2.75) is 45.3 Å². The number of morpholine rings is 2. The highest BCUT2D eigenvalue weighted by Gasteiger charge is 2.32. The van der Waals surface area contributed by atoms with Gasteiger partial charge >= 0.3 is 0 Å². The van der Waals surface area contributed by atoms with Crippen molar-refractivity contribution in [2.24, 2.45) is 0 Å². The highest BCUT2D eigenvalue weighted by Crippen LogP contribution is 2.34. The van der Waals surface area contributed by atoms with Crippen molar-refractivity contribution in [3.63, 3.8) is 0 Å². The van der Waals surface area contributed by atoms with Crippen molar-refractivity contribution in [1.29, 1.82) is 0 Å². The monoisotopic (exact) mass is 502 g/mol. The van der Waals surface area contributed by atoms with Crippen molar-refractivity contribution < 1.29 is 23.0 Å². The van der Waals surface area contributed by atoms with Crippen LogP contribution < -0.4 is 14.5 Å². The molecule has 0 N–H and O–H groups in total. The van der Waals surface area contributed by atoms with Crippen molar-refractivity contribution in [2.75, 3.05) is 56.3 Å². The van der Waals surface area contributed by atoms with Crippen LogP contribution in [0.5, 0.6) is 5.75 Å². The summed E-state index contributed by atoms with van der Waals surface area (Å²) in [5.74, 6) is 1.43. The van der Waals surface area contributed by atoms with Crippen molar-refractivity contribution in [3.8, 4) is 11.7 Å². The third-order valence-electron chi connectivity index (χ3n) is 6.48. The Morgan fingerprint density at radius 2 is 1.50 bits per heavy atom. The average molecular weight is 503 g/mol. The van der Waals surface area contributed by atoms with Crippen LogP contribution in [0, 0.1) is 0 Å². The molecule has 0 unspecified atom stereocenters. The Balaban J connectivity index is 1.70. The molecule has 11 heteroatoms. The normalized spacial score (nSPS) is 19.8. The van der Waals surface area contributed by atoms with E-state index in [-0.39, 0.29) is 17.2 Å². The van der Waals surface area contributed by atoms with E-state index in [4.69, 9.17) is 24.2 Å². The molecule has 2 aromatic heterocycles. The molecule has 0 spiro atoms. The number of fused-ring (bicyclic) bond motifs is 1. The van der Waals surface area contributed by atoms with Gasteiger partial charge in [-0.2, -0.15) is 9.97 Å². The number of benzene rings is 1. The number of aromatic nitrogens is 4. The van der Waals surface area contributed by atoms with E-state index < -0.39 is 12.2 Å². The molecule has 0 radical (unpaired) electrons. The van der Waals surface area contributed by atoms with Gasteiger partial charge in [-0.25, -0.2) is 13.8 Å². The van der Waals surface area contributed by atoms with E-state index in [9.17, 15) is 8.78 Å². The van der Waals surface area contributed by atoms with Gasteiger partial charge < -0.3 is 24.0 Å². The second kappa shape index (κ2) is 9.11. The third-order valence-corrected chi connectivity index (χ3v) is 6.48.